The fourth-order valence-electron chi connectivity index (χ4n) is 5.01. The second kappa shape index (κ2) is 20.9. The number of amides is 6. The minimum absolute atomic E-state index is 0.0197. The Bertz CT molecular complexity index is 1320. The minimum atomic E-state index is -1.58. The molecule has 0 radical (unpaired) electrons. The van der Waals surface area contributed by atoms with Crippen molar-refractivity contribution in [2.24, 2.45) is 11.7 Å². The molecule has 49 heavy (non-hydrogen) atoms. The zero-order valence-electron chi connectivity index (χ0n) is 27.9. The van der Waals surface area contributed by atoms with Gasteiger partial charge in [-0.3, -0.25) is 39.0 Å². The Balaban J connectivity index is 2.39. The standard InChI is InChI=1S/C32H49N9O8/c1-19(2)15-25(42)35-13-7-6-11-22-29(47)39-21(12-8-14-36-32(33)34)28(46)37-18-26(43)38-24(17-27(44)45)31(49)41-23(30(48)40-22)16-20-9-4-3-5-10-20/h3-5,9-10,19,21-24H,6-8,11-18H2,1-2H3,(H,35,42)(H,37,46)(H,38,43)(H,39,47)(H,40,48)(H,41,49)(H,44,45)(H4,33,34,36)/t21-,22?,23+,24-/m0/s1. The second-order valence-electron chi connectivity index (χ2n) is 12.2. The summed E-state index contributed by atoms with van der Waals surface area (Å²) in [7, 11) is 0. The van der Waals surface area contributed by atoms with E-state index in [0.717, 1.165) is 0 Å². The second-order valence-corrected chi connectivity index (χ2v) is 12.2. The maximum Gasteiger partial charge on any atom is 0.305 e. The average molecular weight is 688 g/mol. The van der Waals surface area contributed by atoms with E-state index in [2.05, 4.69) is 37.2 Å². The first-order valence-electron chi connectivity index (χ1n) is 16.3. The molecule has 1 unspecified atom stereocenters. The summed E-state index contributed by atoms with van der Waals surface area (Å²) in [5, 5.41) is 34.8. The van der Waals surface area contributed by atoms with Gasteiger partial charge in [-0.25, -0.2) is 0 Å². The normalized spacial score (nSPS) is 20.8. The van der Waals surface area contributed by atoms with Crippen LogP contribution in [0.1, 0.15) is 64.4 Å². The van der Waals surface area contributed by atoms with E-state index in [1.165, 1.54) is 0 Å². The molecule has 1 fully saturated rings. The van der Waals surface area contributed by atoms with Crippen molar-refractivity contribution in [2.75, 3.05) is 19.6 Å². The lowest BCUT2D eigenvalue weighted by Crippen LogP contribution is -2.58. The van der Waals surface area contributed by atoms with E-state index < -0.39 is 72.6 Å². The highest BCUT2D eigenvalue weighted by Gasteiger charge is 2.33. The molecule has 1 heterocycles. The molecule has 1 aliphatic rings. The van der Waals surface area contributed by atoms with Crippen LogP contribution in [0.2, 0.25) is 0 Å². The van der Waals surface area contributed by atoms with Crippen molar-refractivity contribution in [1.82, 2.24) is 37.2 Å². The Hall–Kier alpha value is -5.22. The van der Waals surface area contributed by atoms with E-state index in [-0.39, 0.29) is 50.0 Å². The van der Waals surface area contributed by atoms with Crippen molar-refractivity contribution in [3.8, 4) is 0 Å². The number of nitrogens with one attached hydrogen (secondary N) is 8. The van der Waals surface area contributed by atoms with Crippen LogP contribution < -0.4 is 43.0 Å². The quantitative estimate of drug-likeness (QED) is 0.0571. The first-order chi connectivity index (χ1) is 23.2. The topological polar surface area (TPSA) is 274 Å². The first-order valence-corrected chi connectivity index (χ1v) is 16.3. The zero-order chi connectivity index (χ0) is 36.3. The van der Waals surface area contributed by atoms with E-state index in [4.69, 9.17) is 11.1 Å². The van der Waals surface area contributed by atoms with Crippen molar-refractivity contribution in [3.05, 3.63) is 35.9 Å². The number of carbonyl (C=O) groups excluding carboxylic acids is 6. The van der Waals surface area contributed by atoms with Gasteiger partial charge in [-0.1, -0.05) is 44.2 Å². The molecule has 17 heteroatoms. The van der Waals surface area contributed by atoms with Crippen LogP contribution in [0.3, 0.4) is 0 Å². The van der Waals surface area contributed by atoms with Crippen molar-refractivity contribution in [2.45, 2.75) is 89.4 Å². The summed E-state index contributed by atoms with van der Waals surface area (Å²) in [6, 6.07) is 3.52. The summed E-state index contributed by atoms with van der Waals surface area (Å²) in [5.74, 6) is -5.56. The van der Waals surface area contributed by atoms with Gasteiger partial charge in [0, 0.05) is 25.9 Å². The number of carbonyl (C=O) groups is 7. The van der Waals surface area contributed by atoms with Crippen molar-refractivity contribution in [3.63, 3.8) is 0 Å². The molecular formula is C32H49N9O8. The molecule has 0 spiro atoms. The third-order valence-electron chi connectivity index (χ3n) is 7.46. The van der Waals surface area contributed by atoms with Gasteiger partial charge in [0.05, 0.1) is 13.0 Å². The number of nitrogens with two attached hydrogens (primary N) is 1. The highest BCUT2D eigenvalue weighted by atomic mass is 16.4. The van der Waals surface area contributed by atoms with Gasteiger partial charge in [-0.05, 0) is 43.6 Å². The van der Waals surface area contributed by atoms with Crippen LogP contribution in [0.15, 0.2) is 30.3 Å². The number of guanidine groups is 1. The molecule has 0 aliphatic carbocycles. The lowest BCUT2D eigenvalue weighted by molar-refractivity contribution is -0.141. The van der Waals surface area contributed by atoms with Crippen molar-refractivity contribution < 1.29 is 38.7 Å². The molecule has 0 bridgehead atoms. The minimum Gasteiger partial charge on any atom is -0.481 e. The summed E-state index contributed by atoms with van der Waals surface area (Å²) >= 11 is 0. The first kappa shape index (κ1) is 40.0. The van der Waals surface area contributed by atoms with Gasteiger partial charge < -0.3 is 48.1 Å². The third-order valence-corrected chi connectivity index (χ3v) is 7.46. The molecule has 1 aromatic rings. The number of carboxylic acids is 1. The maximum absolute atomic E-state index is 13.8. The molecular weight excluding hydrogens is 638 g/mol. The Morgan fingerprint density at radius 2 is 1.39 bits per heavy atom. The lowest BCUT2D eigenvalue weighted by atomic mass is 10.0. The number of benzene rings is 1. The van der Waals surface area contributed by atoms with Crippen LogP contribution in [-0.4, -0.2) is 96.3 Å². The molecule has 270 valence electrons. The highest BCUT2D eigenvalue weighted by molar-refractivity contribution is 5.98. The van der Waals surface area contributed by atoms with Crippen LogP contribution in [0, 0.1) is 11.3 Å². The van der Waals surface area contributed by atoms with Crippen molar-refractivity contribution in [1.29, 1.82) is 5.41 Å². The predicted octanol–water partition coefficient (Wildman–Crippen LogP) is -1.63. The molecule has 4 atom stereocenters. The summed E-state index contributed by atoms with van der Waals surface area (Å²) in [5.41, 5.74) is 5.99. The lowest BCUT2D eigenvalue weighted by Gasteiger charge is -2.26. The molecule has 1 aromatic carbocycles. The van der Waals surface area contributed by atoms with E-state index in [1.54, 1.807) is 30.3 Å². The van der Waals surface area contributed by atoms with E-state index in [1.807, 2.05) is 13.8 Å². The summed E-state index contributed by atoms with van der Waals surface area (Å²) < 4.78 is 0. The Labute approximate surface area is 285 Å². The van der Waals surface area contributed by atoms with Gasteiger partial charge >= 0.3 is 5.97 Å². The monoisotopic (exact) mass is 687 g/mol. The van der Waals surface area contributed by atoms with Crippen molar-refractivity contribution >= 4 is 47.4 Å². The number of unbranched alkanes of at least 4 members (excludes halogenated alkanes) is 1. The van der Waals surface area contributed by atoms with Crippen LogP contribution in [0.4, 0.5) is 0 Å². The Morgan fingerprint density at radius 3 is 2.02 bits per heavy atom. The fraction of sp³-hybridized carbons (Fsp3) is 0.562. The molecule has 11 N–H and O–H groups in total. The Morgan fingerprint density at radius 1 is 0.816 bits per heavy atom. The number of carboxylic acid groups (broad SMARTS) is 1. The van der Waals surface area contributed by atoms with Gasteiger partial charge in [0.15, 0.2) is 5.96 Å². The summed E-state index contributed by atoms with van der Waals surface area (Å²) in [6.45, 7) is 3.79. The number of aliphatic carboxylic acids is 1. The van der Waals surface area contributed by atoms with Crippen LogP contribution in [0.5, 0.6) is 0 Å². The van der Waals surface area contributed by atoms with E-state index in [9.17, 15) is 38.7 Å². The van der Waals surface area contributed by atoms with Gasteiger partial charge in [0.1, 0.15) is 24.2 Å². The zero-order valence-corrected chi connectivity index (χ0v) is 27.9. The van der Waals surface area contributed by atoms with Gasteiger partial charge in [0.25, 0.3) is 0 Å². The fourth-order valence-corrected chi connectivity index (χ4v) is 5.01. The molecule has 0 aromatic heterocycles. The SMILES string of the molecule is CC(C)CC(=O)NCCCCC1NC(=O)[C@@H](Cc2ccccc2)NC(=O)[C@H](CC(=O)O)NC(=O)CNC(=O)[C@H](CCCNC(=N)N)NC1=O. The van der Waals surface area contributed by atoms with E-state index in [0.29, 0.717) is 31.4 Å². The van der Waals surface area contributed by atoms with E-state index >= 15 is 0 Å². The smallest absolute Gasteiger partial charge is 0.305 e. The van der Waals surface area contributed by atoms with Crippen LogP contribution >= 0.6 is 0 Å². The summed E-state index contributed by atoms with van der Waals surface area (Å²) in [4.78, 5) is 90.3. The number of rotatable bonds is 15. The van der Waals surface area contributed by atoms with Gasteiger partial charge in [-0.2, -0.15) is 0 Å². The molecule has 0 saturated carbocycles. The van der Waals surface area contributed by atoms with Gasteiger partial charge in [0.2, 0.25) is 35.4 Å². The molecule has 2 rings (SSSR count). The summed E-state index contributed by atoms with van der Waals surface area (Å²) in [6.07, 6.45) is 0.909. The average Bonchev–Trinajstić information content (AvgIpc) is 3.02. The molecule has 1 saturated heterocycles. The van der Waals surface area contributed by atoms with Crippen LogP contribution in [-0.2, 0) is 40.0 Å². The molecule has 1 aliphatic heterocycles. The largest absolute Gasteiger partial charge is 0.481 e. The number of hydrogen-bond acceptors (Lipinski definition) is 8. The molecule has 17 nitrogen and oxygen atoms in total. The predicted molar refractivity (Wildman–Crippen MR) is 179 cm³/mol. The third kappa shape index (κ3) is 16.0. The van der Waals surface area contributed by atoms with Crippen LogP contribution in [0.25, 0.3) is 0 Å². The molecule has 6 amide bonds. The maximum atomic E-state index is 13.8. The number of hydrogen-bond donors (Lipinski definition) is 10. The highest BCUT2D eigenvalue weighted by Crippen LogP contribution is 2.09. The Kier molecular flexibility index (Phi) is 17.0. The van der Waals surface area contributed by atoms with Gasteiger partial charge in [-0.15, -0.1) is 0 Å².